The van der Waals surface area contributed by atoms with Crippen LogP contribution in [0.4, 0.5) is 0 Å². The lowest BCUT2D eigenvalue weighted by atomic mass is 10.0. The molecule has 0 radical (unpaired) electrons. The van der Waals surface area contributed by atoms with Crippen molar-refractivity contribution < 1.29 is 29.6 Å². The van der Waals surface area contributed by atoms with Gasteiger partial charge in [-0.25, -0.2) is 0 Å². The van der Waals surface area contributed by atoms with Crippen molar-refractivity contribution in [2.45, 2.75) is 31.9 Å². The number of carbonyl (C=O) groups is 2. The summed E-state index contributed by atoms with van der Waals surface area (Å²) in [6, 6.07) is 8.87. The highest BCUT2D eigenvalue weighted by Crippen LogP contribution is 2.35. The predicted molar refractivity (Wildman–Crippen MR) is 110 cm³/mol. The van der Waals surface area contributed by atoms with E-state index >= 15 is 0 Å². The topological polar surface area (TPSA) is 119 Å². The summed E-state index contributed by atoms with van der Waals surface area (Å²) in [6.45, 7) is 2.46. The highest BCUT2D eigenvalue weighted by Gasteiger charge is 2.27. The Morgan fingerprint density at radius 3 is 2.23 bits per heavy atom. The number of carbonyl (C=O) groups excluding carboxylic acids is 2. The second kappa shape index (κ2) is 9.13. The van der Waals surface area contributed by atoms with E-state index in [1.54, 1.807) is 36.1 Å². The molecule has 1 saturated heterocycles. The average Bonchev–Trinajstić information content (AvgIpc) is 2.73. The quantitative estimate of drug-likeness (QED) is 0.537. The Labute approximate surface area is 178 Å². The van der Waals surface area contributed by atoms with E-state index in [-0.39, 0.29) is 23.4 Å². The number of phenolic OH excluding ortho intramolecular Hbond substituents is 3. The van der Waals surface area contributed by atoms with Crippen LogP contribution in [0.5, 0.6) is 23.0 Å². The molecule has 1 fully saturated rings. The van der Waals surface area contributed by atoms with Crippen LogP contribution >= 0.6 is 11.6 Å². The van der Waals surface area contributed by atoms with E-state index < -0.39 is 23.4 Å². The fourth-order valence-electron chi connectivity index (χ4n) is 3.23. The zero-order chi connectivity index (χ0) is 21.8. The van der Waals surface area contributed by atoms with E-state index in [1.165, 1.54) is 0 Å². The van der Waals surface area contributed by atoms with Gasteiger partial charge in [0.25, 0.3) is 11.8 Å². The Kier molecular flexibility index (Phi) is 6.56. The smallest absolute Gasteiger partial charge is 0.260 e. The number of piperidine rings is 1. The SMILES string of the molecule is CC(Oc1ccc(Cl)cc1)C(=O)NC1CCN(C(=O)c2cc(O)c(O)c(O)c2)CC1. The summed E-state index contributed by atoms with van der Waals surface area (Å²) in [5, 5.41) is 32.1. The Morgan fingerprint density at radius 1 is 1.10 bits per heavy atom. The summed E-state index contributed by atoms with van der Waals surface area (Å²) in [7, 11) is 0. The molecule has 0 aliphatic carbocycles. The fraction of sp³-hybridized carbons (Fsp3) is 0.333. The molecule has 0 saturated carbocycles. The standard InChI is InChI=1S/C21H23ClN2O6/c1-12(30-16-4-2-14(22)3-5-16)20(28)23-15-6-8-24(9-7-15)21(29)13-10-17(25)19(27)18(26)11-13/h2-5,10-12,15,25-27H,6-9H2,1H3,(H,23,28). The maximum Gasteiger partial charge on any atom is 0.260 e. The molecule has 2 aromatic rings. The number of amides is 2. The molecule has 1 aliphatic rings. The van der Waals surface area contributed by atoms with Crippen LogP contribution in [0, 0.1) is 0 Å². The van der Waals surface area contributed by atoms with Crippen molar-refractivity contribution in [1.29, 1.82) is 0 Å². The van der Waals surface area contributed by atoms with Crippen molar-refractivity contribution in [3.8, 4) is 23.0 Å². The Balaban J connectivity index is 1.50. The third-order valence-corrected chi connectivity index (χ3v) is 5.19. The number of hydrogen-bond donors (Lipinski definition) is 4. The molecule has 30 heavy (non-hydrogen) atoms. The molecule has 3 rings (SSSR count). The van der Waals surface area contributed by atoms with Crippen LogP contribution in [-0.2, 0) is 4.79 Å². The van der Waals surface area contributed by atoms with Crippen molar-refractivity contribution in [3.05, 3.63) is 47.0 Å². The number of ether oxygens (including phenoxy) is 1. The first-order valence-electron chi connectivity index (χ1n) is 9.51. The van der Waals surface area contributed by atoms with Crippen LogP contribution in [0.1, 0.15) is 30.1 Å². The van der Waals surface area contributed by atoms with E-state index in [9.17, 15) is 24.9 Å². The van der Waals surface area contributed by atoms with Crippen molar-refractivity contribution in [2.75, 3.05) is 13.1 Å². The maximum atomic E-state index is 12.6. The van der Waals surface area contributed by atoms with E-state index in [1.807, 2.05) is 0 Å². The molecule has 0 spiro atoms. The van der Waals surface area contributed by atoms with Crippen LogP contribution in [0.3, 0.4) is 0 Å². The van der Waals surface area contributed by atoms with Crippen LogP contribution in [0.2, 0.25) is 5.02 Å². The molecule has 160 valence electrons. The third kappa shape index (κ3) is 5.07. The number of nitrogens with one attached hydrogen (secondary N) is 1. The lowest BCUT2D eigenvalue weighted by Crippen LogP contribution is -2.49. The van der Waals surface area contributed by atoms with Crippen molar-refractivity contribution in [3.63, 3.8) is 0 Å². The molecule has 0 bridgehead atoms. The van der Waals surface area contributed by atoms with E-state index in [0.717, 1.165) is 12.1 Å². The largest absolute Gasteiger partial charge is 0.504 e. The Morgan fingerprint density at radius 2 is 1.67 bits per heavy atom. The molecule has 2 aromatic carbocycles. The normalized spacial score (nSPS) is 15.5. The first kappa shape index (κ1) is 21.6. The summed E-state index contributed by atoms with van der Waals surface area (Å²) in [5.74, 6) is -1.86. The molecule has 2 amide bonds. The van der Waals surface area contributed by atoms with Gasteiger partial charge in [0.05, 0.1) is 0 Å². The van der Waals surface area contributed by atoms with Gasteiger partial charge in [0, 0.05) is 29.7 Å². The number of rotatable bonds is 5. The molecule has 1 aliphatic heterocycles. The van der Waals surface area contributed by atoms with Crippen molar-refractivity contribution in [1.82, 2.24) is 10.2 Å². The number of nitrogens with zero attached hydrogens (tertiary/aromatic N) is 1. The zero-order valence-electron chi connectivity index (χ0n) is 16.3. The highest BCUT2D eigenvalue weighted by molar-refractivity contribution is 6.30. The van der Waals surface area contributed by atoms with Crippen LogP contribution in [-0.4, -0.2) is 57.3 Å². The van der Waals surface area contributed by atoms with E-state index in [0.29, 0.717) is 36.7 Å². The third-order valence-electron chi connectivity index (χ3n) is 4.94. The molecule has 0 aromatic heterocycles. The summed E-state index contributed by atoms with van der Waals surface area (Å²) in [5.41, 5.74) is 0.0790. The van der Waals surface area contributed by atoms with Gasteiger partial charge in [0.1, 0.15) is 5.75 Å². The summed E-state index contributed by atoms with van der Waals surface area (Å²) >= 11 is 5.84. The molecular weight excluding hydrogens is 412 g/mol. The van der Waals surface area contributed by atoms with Gasteiger partial charge in [-0.1, -0.05) is 11.6 Å². The number of likely N-dealkylation sites (tertiary alicyclic amines) is 1. The van der Waals surface area contributed by atoms with Crippen LogP contribution < -0.4 is 10.1 Å². The van der Waals surface area contributed by atoms with Gasteiger partial charge in [-0.15, -0.1) is 0 Å². The zero-order valence-corrected chi connectivity index (χ0v) is 17.1. The van der Waals surface area contributed by atoms with Gasteiger partial charge in [-0.05, 0) is 56.2 Å². The summed E-state index contributed by atoms with van der Waals surface area (Å²) in [6.07, 6.45) is 0.427. The van der Waals surface area contributed by atoms with Crippen molar-refractivity contribution in [2.24, 2.45) is 0 Å². The fourth-order valence-corrected chi connectivity index (χ4v) is 3.35. The van der Waals surface area contributed by atoms with E-state index in [4.69, 9.17) is 16.3 Å². The van der Waals surface area contributed by atoms with Gasteiger partial charge in [0.15, 0.2) is 23.4 Å². The second-order valence-corrected chi connectivity index (χ2v) is 7.59. The van der Waals surface area contributed by atoms with Crippen LogP contribution in [0.15, 0.2) is 36.4 Å². The number of aromatic hydroxyl groups is 3. The Hall–Kier alpha value is -3.13. The predicted octanol–water partition coefficient (Wildman–Crippen LogP) is 2.65. The number of phenols is 3. The first-order chi connectivity index (χ1) is 14.2. The molecule has 1 heterocycles. The summed E-state index contributed by atoms with van der Waals surface area (Å²) < 4.78 is 5.62. The van der Waals surface area contributed by atoms with Crippen LogP contribution in [0.25, 0.3) is 0 Å². The number of halogens is 1. The van der Waals surface area contributed by atoms with Gasteiger partial charge in [0.2, 0.25) is 0 Å². The van der Waals surface area contributed by atoms with Gasteiger partial charge in [-0.2, -0.15) is 0 Å². The first-order valence-corrected chi connectivity index (χ1v) is 9.89. The molecule has 9 heteroatoms. The van der Waals surface area contributed by atoms with Gasteiger partial charge >= 0.3 is 0 Å². The second-order valence-electron chi connectivity index (χ2n) is 7.15. The minimum atomic E-state index is -0.686. The molecule has 1 atom stereocenters. The monoisotopic (exact) mass is 434 g/mol. The Bertz CT molecular complexity index is 903. The van der Waals surface area contributed by atoms with E-state index in [2.05, 4.69) is 5.32 Å². The van der Waals surface area contributed by atoms with Gasteiger partial charge in [-0.3, -0.25) is 9.59 Å². The lowest BCUT2D eigenvalue weighted by Gasteiger charge is -2.33. The molecule has 8 nitrogen and oxygen atoms in total. The number of benzene rings is 2. The van der Waals surface area contributed by atoms with Gasteiger partial charge < -0.3 is 30.3 Å². The average molecular weight is 435 g/mol. The molecular formula is C21H23ClN2O6. The molecule has 4 N–H and O–H groups in total. The highest BCUT2D eigenvalue weighted by atomic mass is 35.5. The van der Waals surface area contributed by atoms with Crippen molar-refractivity contribution >= 4 is 23.4 Å². The lowest BCUT2D eigenvalue weighted by molar-refractivity contribution is -0.128. The maximum absolute atomic E-state index is 12.6. The minimum Gasteiger partial charge on any atom is -0.504 e. The summed E-state index contributed by atoms with van der Waals surface area (Å²) in [4.78, 5) is 26.6. The molecule has 1 unspecified atom stereocenters. The minimum absolute atomic E-state index is 0.0790. The number of hydrogen-bond acceptors (Lipinski definition) is 6.